The van der Waals surface area contributed by atoms with Crippen LogP contribution >= 0.6 is 11.8 Å². The van der Waals surface area contributed by atoms with Gasteiger partial charge in [-0.1, -0.05) is 42.0 Å². The highest BCUT2D eigenvalue weighted by molar-refractivity contribution is 7.98. The van der Waals surface area contributed by atoms with Crippen molar-refractivity contribution < 1.29 is 13.2 Å². The highest BCUT2D eigenvalue weighted by Gasteiger charge is 2.23. The van der Waals surface area contributed by atoms with Crippen LogP contribution < -0.4 is 5.32 Å². The van der Waals surface area contributed by atoms with Crippen molar-refractivity contribution in [2.45, 2.75) is 19.2 Å². The second-order valence-corrected chi connectivity index (χ2v) is 11.0. The Balaban J connectivity index is 1.36. The van der Waals surface area contributed by atoms with Crippen LogP contribution in [0.15, 0.2) is 48.5 Å². The number of hydrogen-bond donors (Lipinski definition) is 1. The summed E-state index contributed by atoms with van der Waals surface area (Å²) < 4.78 is 24.7. The van der Waals surface area contributed by atoms with Gasteiger partial charge in [-0.15, -0.1) is 0 Å². The van der Waals surface area contributed by atoms with Crippen molar-refractivity contribution in [1.82, 2.24) is 14.5 Å². The smallest absolute Gasteiger partial charge is 0.251 e. The van der Waals surface area contributed by atoms with Crippen molar-refractivity contribution in [3.05, 3.63) is 70.8 Å². The van der Waals surface area contributed by atoms with E-state index in [9.17, 15) is 13.2 Å². The van der Waals surface area contributed by atoms with Crippen LogP contribution in [0.4, 0.5) is 0 Å². The van der Waals surface area contributed by atoms with Crippen molar-refractivity contribution in [2.75, 3.05) is 44.7 Å². The summed E-state index contributed by atoms with van der Waals surface area (Å²) in [5.74, 6) is 1.77. The van der Waals surface area contributed by atoms with Gasteiger partial charge in [0.1, 0.15) is 0 Å². The molecule has 0 bridgehead atoms. The summed E-state index contributed by atoms with van der Waals surface area (Å²) in [5, 5.41) is 2.98. The van der Waals surface area contributed by atoms with E-state index in [0.717, 1.165) is 36.7 Å². The topological polar surface area (TPSA) is 69.7 Å². The standard InChI is InChI=1S/C23H31N3O3S2/c1-19-3-5-21(6-4-19)18-30-16-11-24-23(27)22-9-7-20(8-10-22)17-25-12-14-26(15-13-25)31(2,28)29/h3-10H,11-18H2,1-2H3,(H,24,27). The molecular weight excluding hydrogens is 430 g/mol. The van der Waals surface area contributed by atoms with Gasteiger partial charge in [0, 0.05) is 56.3 Å². The number of nitrogens with one attached hydrogen (secondary N) is 1. The van der Waals surface area contributed by atoms with E-state index in [0.29, 0.717) is 25.2 Å². The maximum atomic E-state index is 12.4. The van der Waals surface area contributed by atoms with Gasteiger partial charge in [0.05, 0.1) is 6.26 Å². The molecule has 168 valence electrons. The molecule has 0 radical (unpaired) electrons. The molecule has 8 heteroatoms. The van der Waals surface area contributed by atoms with Gasteiger partial charge in [-0.3, -0.25) is 9.69 Å². The SMILES string of the molecule is Cc1ccc(CSCCNC(=O)c2ccc(CN3CCN(S(C)(=O)=O)CC3)cc2)cc1. The van der Waals surface area contributed by atoms with Gasteiger partial charge < -0.3 is 5.32 Å². The molecule has 1 heterocycles. The lowest BCUT2D eigenvalue weighted by Gasteiger charge is -2.33. The molecule has 1 aliphatic heterocycles. The van der Waals surface area contributed by atoms with E-state index in [2.05, 4.69) is 41.4 Å². The van der Waals surface area contributed by atoms with E-state index >= 15 is 0 Å². The van der Waals surface area contributed by atoms with E-state index in [1.807, 2.05) is 36.0 Å². The van der Waals surface area contributed by atoms with Crippen LogP contribution in [-0.4, -0.2) is 68.3 Å². The molecule has 0 aromatic heterocycles. The van der Waals surface area contributed by atoms with Crippen LogP contribution in [0.3, 0.4) is 0 Å². The number of carbonyl (C=O) groups excluding carboxylic acids is 1. The number of nitrogens with zero attached hydrogens (tertiary/aromatic N) is 2. The third-order valence-electron chi connectivity index (χ3n) is 5.34. The van der Waals surface area contributed by atoms with E-state index in [1.165, 1.54) is 21.7 Å². The van der Waals surface area contributed by atoms with E-state index in [4.69, 9.17) is 0 Å². The molecule has 2 aromatic carbocycles. The number of hydrogen-bond acceptors (Lipinski definition) is 5. The molecule has 1 fully saturated rings. The summed E-state index contributed by atoms with van der Waals surface area (Å²) in [6.45, 7) is 5.98. The summed E-state index contributed by atoms with van der Waals surface area (Å²) in [6.07, 6.45) is 1.26. The number of thioether (sulfide) groups is 1. The quantitative estimate of drug-likeness (QED) is 0.582. The van der Waals surface area contributed by atoms with Gasteiger partial charge in [0.2, 0.25) is 10.0 Å². The molecule has 0 unspecified atom stereocenters. The molecule has 3 rings (SSSR count). The fourth-order valence-corrected chi connectivity index (χ4v) is 5.10. The predicted octanol–water partition coefficient (Wildman–Crippen LogP) is 2.74. The molecule has 1 saturated heterocycles. The first kappa shape index (κ1) is 23.8. The first-order valence-corrected chi connectivity index (χ1v) is 13.5. The van der Waals surface area contributed by atoms with Crippen LogP contribution in [0, 0.1) is 6.92 Å². The minimum atomic E-state index is -3.10. The Morgan fingerprint density at radius 3 is 2.19 bits per heavy atom. The number of piperazine rings is 1. The first-order valence-electron chi connectivity index (χ1n) is 10.5. The minimum Gasteiger partial charge on any atom is -0.351 e. The Kier molecular flexibility index (Phi) is 8.54. The zero-order valence-corrected chi connectivity index (χ0v) is 19.8. The highest BCUT2D eigenvalue weighted by atomic mass is 32.2. The maximum absolute atomic E-state index is 12.4. The van der Waals surface area contributed by atoms with Gasteiger partial charge in [-0.2, -0.15) is 16.1 Å². The fraction of sp³-hybridized carbons (Fsp3) is 0.435. The molecule has 0 atom stereocenters. The lowest BCUT2D eigenvalue weighted by atomic mass is 10.1. The number of rotatable bonds is 9. The molecule has 0 spiro atoms. The number of benzene rings is 2. The Bertz CT molecular complexity index is 953. The van der Waals surface area contributed by atoms with E-state index in [1.54, 1.807) is 0 Å². The largest absolute Gasteiger partial charge is 0.351 e. The monoisotopic (exact) mass is 461 g/mol. The first-order chi connectivity index (χ1) is 14.8. The van der Waals surface area contributed by atoms with Crippen LogP contribution in [0.2, 0.25) is 0 Å². The summed E-state index contributed by atoms with van der Waals surface area (Å²) in [5.41, 5.74) is 4.35. The third kappa shape index (κ3) is 7.64. The Labute approximate surface area is 190 Å². The molecule has 1 N–H and O–H groups in total. The molecule has 6 nitrogen and oxygen atoms in total. The van der Waals surface area contributed by atoms with Gasteiger partial charge in [-0.05, 0) is 30.2 Å². The second kappa shape index (κ2) is 11.1. The van der Waals surface area contributed by atoms with Crippen molar-refractivity contribution in [2.24, 2.45) is 0 Å². The normalized spacial score (nSPS) is 15.7. The van der Waals surface area contributed by atoms with Gasteiger partial charge in [0.25, 0.3) is 5.91 Å². The van der Waals surface area contributed by atoms with Crippen LogP contribution in [0.25, 0.3) is 0 Å². The Morgan fingerprint density at radius 1 is 0.968 bits per heavy atom. The van der Waals surface area contributed by atoms with Crippen molar-refractivity contribution in [3.8, 4) is 0 Å². The van der Waals surface area contributed by atoms with Gasteiger partial charge >= 0.3 is 0 Å². The molecule has 1 aliphatic rings. The minimum absolute atomic E-state index is 0.0516. The zero-order valence-electron chi connectivity index (χ0n) is 18.2. The van der Waals surface area contributed by atoms with Crippen molar-refractivity contribution in [3.63, 3.8) is 0 Å². The fourth-order valence-electron chi connectivity index (χ4n) is 3.45. The summed E-state index contributed by atoms with van der Waals surface area (Å²) in [7, 11) is -3.10. The summed E-state index contributed by atoms with van der Waals surface area (Å²) in [4.78, 5) is 14.6. The summed E-state index contributed by atoms with van der Waals surface area (Å²) in [6, 6.07) is 16.2. The Morgan fingerprint density at radius 2 is 1.58 bits per heavy atom. The van der Waals surface area contributed by atoms with E-state index in [-0.39, 0.29) is 5.91 Å². The summed E-state index contributed by atoms with van der Waals surface area (Å²) >= 11 is 1.81. The average Bonchev–Trinajstić information content (AvgIpc) is 2.75. The third-order valence-corrected chi connectivity index (χ3v) is 7.68. The van der Waals surface area contributed by atoms with Gasteiger partial charge in [-0.25, -0.2) is 8.42 Å². The van der Waals surface area contributed by atoms with Crippen LogP contribution in [-0.2, 0) is 22.3 Å². The molecule has 2 aromatic rings. The maximum Gasteiger partial charge on any atom is 0.251 e. The van der Waals surface area contributed by atoms with Crippen molar-refractivity contribution in [1.29, 1.82) is 0 Å². The zero-order chi connectivity index (χ0) is 22.3. The molecule has 0 aliphatic carbocycles. The number of aryl methyl sites for hydroxylation is 1. The number of carbonyl (C=O) groups is 1. The van der Waals surface area contributed by atoms with Crippen LogP contribution in [0.5, 0.6) is 0 Å². The Hall–Kier alpha value is -1.87. The van der Waals surface area contributed by atoms with Gasteiger partial charge in [0.15, 0.2) is 0 Å². The lowest BCUT2D eigenvalue weighted by molar-refractivity contribution is 0.0956. The highest BCUT2D eigenvalue weighted by Crippen LogP contribution is 2.13. The second-order valence-electron chi connectivity index (χ2n) is 7.93. The molecule has 0 saturated carbocycles. The van der Waals surface area contributed by atoms with E-state index < -0.39 is 10.0 Å². The molecule has 31 heavy (non-hydrogen) atoms. The van der Waals surface area contributed by atoms with Crippen LogP contribution in [0.1, 0.15) is 27.0 Å². The number of sulfonamides is 1. The molecular formula is C23H31N3O3S2. The van der Waals surface area contributed by atoms with Crippen molar-refractivity contribution >= 4 is 27.7 Å². The average molecular weight is 462 g/mol. The lowest BCUT2D eigenvalue weighted by Crippen LogP contribution is -2.47. The number of amides is 1. The predicted molar refractivity (Wildman–Crippen MR) is 128 cm³/mol. The molecule has 1 amide bonds.